The van der Waals surface area contributed by atoms with Crippen molar-refractivity contribution in [2.24, 2.45) is 0 Å². The van der Waals surface area contributed by atoms with Gasteiger partial charge in [0.1, 0.15) is 17.2 Å². The van der Waals surface area contributed by atoms with Crippen molar-refractivity contribution in [1.29, 1.82) is 0 Å². The van der Waals surface area contributed by atoms with Crippen molar-refractivity contribution in [2.75, 3.05) is 26.0 Å². The van der Waals surface area contributed by atoms with Crippen LogP contribution < -0.4 is 0 Å². The number of carbonyl (C=O) groups is 2. The Morgan fingerprint density at radius 3 is 2.53 bits per heavy atom. The third-order valence-corrected chi connectivity index (χ3v) is 7.94. The smallest absolute Gasteiger partial charge is 0.254 e. The van der Waals surface area contributed by atoms with Gasteiger partial charge in [-0.15, -0.1) is 0 Å². The molecule has 1 N–H and O–H groups in total. The van der Waals surface area contributed by atoms with E-state index < -0.39 is 27.0 Å². The van der Waals surface area contributed by atoms with Crippen molar-refractivity contribution in [3.05, 3.63) is 59.4 Å². The highest BCUT2D eigenvalue weighted by Crippen LogP contribution is 2.29. The van der Waals surface area contributed by atoms with Crippen molar-refractivity contribution < 1.29 is 27.5 Å². The first kappa shape index (κ1) is 22.1. The minimum absolute atomic E-state index is 0.0721. The molecule has 0 unspecified atom stereocenters. The lowest BCUT2D eigenvalue weighted by atomic mass is 9.93. The number of aliphatic hydroxyl groups excluding tert-OH is 1. The third kappa shape index (κ3) is 4.02. The number of fused-ring (bicyclic) bond motifs is 1. The molecule has 30 heavy (non-hydrogen) atoms. The predicted molar refractivity (Wildman–Crippen MR) is 111 cm³/mol. The summed E-state index contributed by atoms with van der Waals surface area (Å²) in [5.74, 6) is -1.39. The number of ketones is 1. The number of hydrogen-bond donors (Lipinski definition) is 1. The highest BCUT2D eigenvalue weighted by molar-refractivity contribution is 7.92. The van der Waals surface area contributed by atoms with Gasteiger partial charge in [-0.05, 0) is 43.0 Å². The lowest BCUT2D eigenvalue weighted by Crippen LogP contribution is -2.48. The minimum Gasteiger partial charge on any atom is -0.389 e. The molecule has 1 heterocycles. The van der Waals surface area contributed by atoms with Gasteiger partial charge in [0.2, 0.25) is 0 Å². The highest BCUT2D eigenvalue weighted by Gasteiger charge is 2.43. The number of Topliss-reactive ketones (excluding diaryl/α,β-unsaturated/α-hetero) is 1. The lowest BCUT2D eigenvalue weighted by Gasteiger charge is -2.32. The van der Waals surface area contributed by atoms with Crippen LogP contribution >= 0.6 is 0 Å². The largest absolute Gasteiger partial charge is 0.389 e. The van der Waals surface area contributed by atoms with Gasteiger partial charge in [-0.3, -0.25) is 9.59 Å². The van der Waals surface area contributed by atoms with E-state index in [0.29, 0.717) is 29.7 Å². The molecule has 8 heteroatoms. The van der Waals surface area contributed by atoms with Crippen LogP contribution in [0.1, 0.15) is 29.3 Å². The Balaban J connectivity index is 1.81. The summed E-state index contributed by atoms with van der Waals surface area (Å²) in [5.41, 5.74) is 2.43. The van der Waals surface area contributed by atoms with Gasteiger partial charge in [0.15, 0.2) is 15.6 Å². The van der Waals surface area contributed by atoms with Gasteiger partial charge in [0.25, 0.3) is 5.91 Å². The SMILES string of the molecule is C[C@@](CCN1CCc2cc(-c3ccccc3F)ccc2C1=O)(C(=O)CO)S(C)(=O)=O. The summed E-state index contributed by atoms with van der Waals surface area (Å²) in [5, 5.41) is 9.17. The fourth-order valence-electron chi connectivity index (χ4n) is 3.66. The minimum atomic E-state index is -3.78. The Hall–Kier alpha value is -2.58. The van der Waals surface area contributed by atoms with Crippen LogP contribution in [0.2, 0.25) is 0 Å². The standard InChI is InChI=1S/C22H24FNO5S/c1-22(20(26)14-25,30(2,28)29)10-12-24-11-9-16-13-15(7-8-18(16)21(24)27)17-5-3-4-6-19(17)23/h3-8,13,25H,9-12,14H2,1-2H3/t22-/m1/s1. The summed E-state index contributed by atoms with van der Waals surface area (Å²) >= 11 is 0. The van der Waals surface area contributed by atoms with Crippen LogP contribution in [0.3, 0.4) is 0 Å². The Morgan fingerprint density at radius 1 is 1.20 bits per heavy atom. The Kier molecular flexibility index (Phi) is 6.10. The van der Waals surface area contributed by atoms with Crippen LogP contribution in [0.15, 0.2) is 42.5 Å². The van der Waals surface area contributed by atoms with Crippen LogP contribution in [-0.2, 0) is 21.1 Å². The molecule has 0 bridgehead atoms. The van der Waals surface area contributed by atoms with Gasteiger partial charge < -0.3 is 10.0 Å². The number of aliphatic hydroxyl groups is 1. The summed E-state index contributed by atoms with van der Waals surface area (Å²) in [7, 11) is -3.78. The van der Waals surface area contributed by atoms with Crippen molar-refractivity contribution in [1.82, 2.24) is 4.90 Å². The van der Waals surface area contributed by atoms with Crippen LogP contribution in [-0.4, -0.2) is 60.8 Å². The molecule has 3 rings (SSSR count). The third-order valence-electron chi connectivity index (χ3n) is 5.87. The van der Waals surface area contributed by atoms with E-state index >= 15 is 0 Å². The molecule has 0 aromatic heterocycles. The van der Waals surface area contributed by atoms with E-state index in [1.807, 2.05) is 0 Å². The molecule has 0 saturated carbocycles. The van der Waals surface area contributed by atoms with Crippen molar-refractivity contribution in [3.8, 4) is 11.1 Å². The molecule has 1 atom stereocenters. The monoisotopic (exact) mass is 433 g/mol. The van der Waals surface area contributed by atoms with Gasteiger partial charge in [0.05, 0.1) is 0 Å². The number of hydrogen-bond acceptors (Lipinski definition) is 5. The quantitative estimate of drug-likeness (QED) is 0.723. The molecular formula is C22H24FNO5S. The lowest BCUT2D eigenvalue weighted by molar-refractivity contribution is -0.124. The van der Waals surface area contributed by atoms with Gasteiger partial charge in [-0.2, -0.15) is 0 Å². The average Bonchev–Trinajstić information content (AvgIpc) is 2.71. The fraction of sp³-hybridized carbons (Fsp3) is 0.364. The van der Waals surface area contributed by atoms with Crippen LogP contribution in [0.25, 0.3) is 11.1 Å². The molecule has 0 spiro atoms. The zero-order chi connectivity index (χ0) is 22.1. The molecule has 0 aliphatic carbocycles. The first-order chi connectivity index (χ1) is 14.1. The molecule has 2 aromatic carbocycles. The summed E-state index contributed by atoms with van der Waals surface area (Å²) in [6, 6.07) is 11.6. The molecule has 6 nitrogen and oxygen atoms in total. The summed E-state index contributed by atoms with van der Waals surface area (Å²) in [4.78, 5) is 26.5. The molecule has 0 radical (unpaired) electrons. The number of halogens is 1. The maximum Gasteiger partial charge on any atom is 0.254 e. The first-order valence-electron chi connectivity index (χ1n) is 9.59. The van der Waals surface area contributed by atoms with Crippen molar-refractivity contribution in [2.45, 2.75) is 24.5 Å². The average molecular weight is 434 g/mol. The van der Waals surface area contributed by atoms with E-state index in [1.165, 1.54) is 17.9 Å². The summed E-state index contributed by atoms with van der Waals surface area (Å²) in [6.07, 6.45) is 1.39. The van der Waals surface area contributed by atoms with E-state index in [1.54, 1.807) is 36.4 Å². The molecule has 160 valence electrons. The number of amides is 1. The van der Waals surface area contributed by atoms with Crippen LogP contribution in [0.4, 0.5) is 4.39 Å². The van der Waals surface area contributed by atoms with Crippen LogP contribution in [0, 0.1) is 5.82 Å². The van der Waals surface area contributed by atoms with Gasteiger partial charge in [-0.1, -0.05) is 30.3 Å². The summed E-state index contributed by atoms with van der Waals surface area (Å²) in [6.45, 7) is 0.839. The van der Waals surface area contributed by atoms with E-state index in [-0.39, 0.29) is 24.7 Å². The number of carbonyl (C=O) groups excluding carboxylic acids is 2. The zero-order valence-corrected chi connectivity index (χ0v) is 17.7. The molecule has 0 saturated heterocycles. The molecule has 0 fully saturated rings. The number of benzene rings is 2. The van der Waals surface area contributed by atoms with E-state index in [0.717, 1.165) is 11.8 Å². The highest BCUT2D eigenvalue weighted by atomic mass is 32.2. The Morgan fingerprint density at radius 2 is 1.90 bits per heavy atom. The molecular weight excluding hydrogens is 409 g/mol. The van der Waals surface area contributed by atoms with Gasteiger partial charge in [0, 0.05) is 30.5 Å². The second-order valence-corrected chi connectivity index (χ2v) is 10.2. The fourth-order valence-corrected chi connectivity index (χ4v) is 4.60. The normalized spacial score (nSPS) is 16.1. The Labute approximate surface area is 175 Å². The zero-order valence-electron chi connectivity index (χ0n) is 16.9. The van der Waals surface area contributed by atoms with E-state index in [4.69, 9.17) is 0 Å². The summed E-state index contributed by atoms with van der Waals surface area (Å²) < 4.78 is 36.6. The van der Waals surface area contributed by atoms with Gasteiger partial charge >= 0.3 is 0 Å². The topological polar surface area (TPSA) is 91.8 Å². The second-order valence-electron chi connectivity index (χ2n) is 7.73. The Bertz CT molecular complexity index is 1100. The maximum absolute atomic E-state index is 14.1. The maximum atomic E-state index is 14.1. The van der Waals surface area contributed by atoms with Crippen LogP contribution in [0.5, 0.6) is 0 Å². The number of sulfone groups is 1. The van der Waals surface area contributed by atoms with Crippen molar-refractivity contribution >= 4 is 21.5 Å². The van der Waals surface area contributed by atoms with E-state index in [9.17, 15) is 27.5 Å². The van der Waals surface area contributed by atoms with Gasteiger partial charge in [-0.25, -0.2) is 12.8 Å². The molecule has 2 aromatic rings. The number of nitrogens with zero attached hydrogens (tertiary/aromatic N) is 1. The predicted octanol–water partition coefficient (Wildman–Crippen LogP) is 2.25. The van der Waals surface area contributed by atoms with E-state index in [2.05, 4.69) is 0 Å². The number of rotatable bonds is 7. The molecule has 1 amide bonds. The first-order valence-corrected chi connectivity index (χ1v) is 11.5. The molecule has 1 aliphatic rings. The molecule has 1 aliphatic heterocycles. The second kappa shape index (κ2) is 8.28. The van der Waals surface area contributed by atoms with Crippen molar-refractivity contribution in [3.63, 3.8) is 0 Å².